The van der Waals surface area contributed by atoms with E-state index in [0.29, 0.717) is 11.4 Å². The van der Waals surface area contributed by atoms with Gasteiger partial charge in [0.15, 0.2) is 0 Å². The molecule has 0 fully saturated rings. The maximum atomic E-state index is 11.8. The molecular weight excluding hydrogens is 282 g/mol. The standard InChI is InChI=1S/C16H19N3O3/c1-12(14-8-5-11-22-14)18-15(20)9-10-17-16(21)19-13-6-3-2-4-7-13/h2-8,11-12H,9-10H2,1H3,(H,18,20)(H2,17,19,21). The van der Waals surface area contributed by atoms with E-state index in [1.54, 1.807) is 30.5 Å². The Morgan fingerprint density at radius 2 is 1.91 bits per heavy atom. The van der Waals surface area contributed by atoms with Gasteiger partial charge in [0.05, 0.1) is 12.3 Å². The van der Waals surface area contributed by atoms with E-state index in [2.05, 4.69) is 16.0 Å². The van der Waals surface area contributed by atoms with Crippen molar-refractivity contribution in [3.8, 4) is 0 Å². The zero-order valence-corrected chi connectivity index (χ0v) is 12.3. The molecule has 0 bridgehead atoms. The number of urea groups is 1. The zero-order valence-electron chi connectivity index (χ0n) is 12.3. The molecule has 0 aliphatic carbocycles. The number of hydrogen-bond donors (Lipinski definition) is 3. The van der Waals surface area contributed by atoms with Gasteiger partial charge in [-0.05, 0) is 31.2 Å². The van der Waals surface area contributed by atoms with E-state index in [1.165, 1.54) is 0 Å². The second kappa shape index (κ2) is 7.87. The summed E-state index contributed by atoms with van der Waals surface area (Å²) >= 11 is 0. The van der Waals surface area contributed by atoms with Gasteiger partial charge in [-0.2, -0.15) is 0 Å². The van der Waals surface area contributed by atoms with E-state index >= 15 is 0 Å². The molecular formula is C16H19N3O3. The number of anilines is 1. The minimum absolute atomic E-state index is 0.149. The average molecular weight is 301 g/mol. The molecule has 3 amide bonds. The minimum atomic E-state index is -0.335. The minimum Gasteiger partial charge on any atom is -0.467 e. The lowest BCUT2D eigenvalue weighted by Crippen LogP contribution is -2.34. The average Bonchev–Trinajstić information content (AvgIpc) is 3.02. The van der Waals surface area contributed by atoms with Crippen LogP contribution >= 0.6 is 0 Å². The van der Waals surface area contributed by atoms with Gasteiger partial charge < -0.3 is 20.4 Å². The zero-order chi connectivity index (χ0) is 15.8. The summed E-state index contributed by atoms with van der Waals surface area (Å²) in [5, 5.41) is 8.12. The number of carbonyl (C=O) groups excluding carboxylic acids is 2. The highest BCUT2D eigenvalue weighted by Gasteiger charge is 2.11. The van der Waals surface area contributed by atoms with E-state index in [1.807, 2.05) is 25.1 Å². The SMILES string of the molecule is CC(NC(=O)CCNC(=O)Nc1ccccc1)c1ccco1. The highest BCUT2D eigenvalue weighted by Crippen LogP contribution is 2.11. The molecule has 0 radical (unpaired) electrons. The topological polar surface area (TPSA) is 83.4 Å². The molecule has 1 atom stereocenters. The van der Waals surface area contributed by atoms with Crippen LogP contribution < -0.4 is 16.0 Å². The highest BCUT2D eigenvalue weighted by atomic mass is 16.3. The Morgan fingerprint density at radius 1 is 1.14 bits per heavy atom. The van der Waals surface area contributed by atoms with E-state index < -0.39 is 0 Å². The monoisotopic (exact) mass is 301 g/mol. The molecule has 1 unspecified atom stereocenters. The molecule has 6 heteroatoms. The van der Waals surface area contributed by atoms with Gasteiger partial charge in [0.1, 0.15) is 5.76 Å². The van der Waals surface area contributed by atoms with Gasteiger partial charge in [-0.3, -0.25) is 4.79 Å². The Hall–Kier alpha value is -2.76. The molecule has 0 saturated heterocycles. The largest absolute Gasteiger partial charge is 0.467 e. The lowest BCUT2D eigenvalue weighted by molar-refractivity contribution is -0.121. The third-order valence-corrected chi connectivity index (χ3v) is 3.02. The van der Waals surface area contributed by atoms with Crippen LogP contribution in [-0.4, -0.2) is 18.5 Å². The van der Waals surface area contributed by atoms with Gasteiger partial charge in [-0.15, -0.1) is 0 Å². The molecule has 116 valence electrons. The van der Waals surface area contributed by atoms with Crippen LogP contribution in [-0.2, 0) is 4.79 Å². The highest BCUT2D eigenvalue weighted by molar-refractivity contribution is 5.89. The van der Waals surface area contributed by atoms with Crippen molar-refractivity contribution in [1.29, 1.82) is 0 Å². The molecule has 2 aromatic rings. The Labute approximate surface area is 128 Å². The van der Waals surface area contributed by atoms with E-state index in [9.17, 15) is 9.59 Å². The smallest absolute Gasteiger partial charge is 0.319 e. The molecule has 3 N–H and O–H groups in total. The molecule has 0 aliphatic heterocycles. The number of hydrogen-bond acceptors (Lipinski definition) is 3. The first-order valence-electron chi connectivity index (χ1n) is 7.08. The van der Waals surface area contributed by atoms with Crippen molar-refractivity contribution in [1.82, 2.24) is 10.6 Å². The van der Waals surface area contributed by atoms with Crippen LogP contribution in [0.15, 0.2) is 53.1 Å². The normalized spacial score (nSPS) is 11.5. The summed E-state index contributed by atoms with van der Waals surface area (Å²) in [5.74, 6) is 0.548. The second-order valence-corrected chi connectivity index (χ2v) is 4.80. The van der Waals surface area contributed by atoms with Crippen molar-refractivity contribution >= 4 is 17.6 Å². The van der Waals surface area contributed by atoms with Crippen molar-refractivity contribution < 1.29 is 14.0 Å². The Kier molecular flexibility index (Phi) is 5.59. The van der Waals surface area contributed by atoms with Crippen molar-refractivity contribution in [3.63, 3.8) is 0 Å². The number of rotatable bonds is 6. The summed E-state index contributed by atoms with van der Waals surface area (Å²) in [7, 11) is 0. The summed E-state index contributed by atoms with van der Waals surface area (Å²) in [5.41, 5.74) is 0.705. The molecule has 1 aromatic carbocycles. The number of para-hydroxylation sites is 1. The summed E-state index contributed by atoms with van der Waals surface area (Å²) < 4.78 is 5.21. The van der Waals surface area contributed by atoms with Crippen molar-refractivity contribution in [2.75, 3.05) is 11.9 Å². The van der Waals surface area contributed by atoms with Crippen molar-refractivity contribution in [3.05, 3.63) is 54.5 Å². The van der Waals surface area contributed by atoms with Crippen LogP contribution in [0.2, 0.25) is 0 Å². The fraction of sp³-hybridized carbons (Fsp3) is 0.250. The van der Waals surface area contributed by atoms with Crippen molar-refractivity contribution in [2.24, 2.45) is 0 Å². The third-order valence-electron chi connectivity index (χ3n) is 3.02. The van der Waals surface area contributed by atoms with Crippen LogP contribution in [0.1, 0.15) is 25.1 Å². The second-order valence-electron chi connectivity index (χ2n) is 4.80. The van der Waals surface area contributed by atoms with Crippen LogP contribution in [0.5, 0.6) is 0 Å². The van der Waals surface area contributed by atoms with Crippen molar-refractivity contribution in [2.45, 2.75) is 19.4 Å². The molecule has 1 heterocycles. The number of amides is 3. The maximum absolute atomic E-state index is 11.8. The predicted molar refractivity (Wildman–Crippen MR) is 83.3 cm³/mol. The van der Waals surface area contributed by atoms with E-state index in [0.717, 1.165) is 0 Å². The lowest BCUT2D eigenvalue weighted by Gasteiger charge is -2.12. The fourth-order valence-electron chi connectivity index (χ4n) is 1.91. The third kappa shape index (κ3) is 4.97. The molecule has 0 aliphatic rings. The lowest BCUT2D eigenvalue weighted by atomic mass is 10.2. The van der Waals surface area contributed by atoms with Gasteiger partial charge in [-0.25, -0.2) is 4.79 Å². The van der Waals surface area contributed by atoms with Gasteiger partial charge in [0, 0.05) is 18.7 Å². The van der Waals surface area contributed by atoms with Crippen LogP contribution in [0.4, 0.5) is 10.5 Å². The number of carbonyl (C=O) groups is 2. The van der Waals surface area contributed by atoms with Crippen LogP contribution in [0, 0.1) is 0 Å². The molecule has 6 nitrogen and oxygen atoms in total. The number of nitrogens with one attached hydrogen (secondary N) is 3. The number of benzene rings is 1. The molecule has 0 spiro atoms. The molecule has 22 heavy (non-hydrogen) atoms. The summed E-state index contributed by atoms with van der Waals surface area (Å²) in [6, 6.07) is 12.2. The Balaban J connectivity index is 1.65. The molecule has 0 saturated carbocycles. The van der Waals surface area contributed by atoms with E-state index in [-0.39, 0.29) is 30.9 Å². The predicted octanol–water partition coefficient (Wildman–Crippen LogP) is 2.67. The van der Waals surface area contributed by atoms with Gasteiger partial charge in [0.2, 0.25) is 5.91 Å². The van der Waals surface area contributed by atoms with Crippen LogP contribution in [0.3, 0.4) is 0 Å². The summed E-state index contributed by atoms with van der Waals surface area (Å²) in [4.78, 5) is 23.4. The van der Waals surface area contributed by atoms with E-state index in [4.69, 9.17) is 4.42 Å². The van der Waals surface area contributed by atoms with Gasteiger partial charge in [-0.1, -0.05) is 18.2 Å². The Bertz CT molecular complexity index is 596. The van der Waals surface area contributed by atoms with Gasteiger partial charge >= 0.3 is 6.03 Å². The number of furan rings is 1. The van der Waals surface area contributed by atoms with Gasteiger partial charge in [0.25, 0.3) is 0 Å². The summed E-state index contributed by atoms with van der Waals surface area (Å²) in [6.07, 6.45) is 1.76. The fourth-order valence-corrected chi connectivity index (χ4v) is 1.91. The molecule has 2 rings (SSSR count). The first kappa shape index (κ1) is 15.6. The first-order valence-corrected chi connectivity index (χ1v) is 7.08. The maximum Gasteiger partial charge on any atom is 0.319 e. The quantitative estimate of drug-likeness (QED) is 0.767. The molecule has 1 aromatic heterocycles. The Morgan fingerprint density at radius 3 is 2.59 bits per heavy atom. The first-order chi connectivity index (χ1) is 10.6. The van der Waals surface area contributed by atoms with Crippen LogP contribution in [0.25, 0.3) is 0 Å². The summed E-state index contributed by atoms with van der Waals surface area (Å²) in [6.45, 7) is 2.10.